The predicted octanol–water partition coefficient (Wildman–Crippen LogP) is -0.0230. The molecule has 1 N–H and O–H groups in total. The van der Waals surface area contributed by atoms with E-state index in [9.17, 15) is 5.11 Å². The molecular formula is C11H25NO4. The van der Waals surface area contributed by atoms with Crippen LogP contribution in [0, 0.1) is 0 Å². The molecular weight excluding hydrogens is 210 g/mol. The van der Waals surface area contributed by atoms with Crippen LogP contribution in [-0.2, 0) is 14.2 Å². The molecule has 0 aliphatic carbocycles. The number of likely N-dealkylation sites (N-methyl/N-ethyl adjacent to an activating group) is 1. The van der Waals surface area contributed by atoms with E-state index < -0.39 is 6.10 Å². The predicted molar refractivity (Wildman–Crippen MR) is 62.7 cm³/mol. The summed E-state index contributed by atoms with van der Waals surface area (Å²) < 4.78 is 15.1. The lowest BCUT2D eigenvalue weighted by Gasteiger charge is -2.26. The number of hydrogen-bond acceptors (Lipinski definition) is 5. The summed E-state index contributed by atoms with van der Waals surface area (Å²) in [6.45, 7) is 4.72. The molecule has 0 aromatic carbocycles. The van der Waals surface area contributed by atoms with Gasteiger partial charge in [0.25, 0.3) is 0 Å². The zero-order valence-corrected chi connectivity index (χ0v) is 10.8. The Hall–Kier alpha value is -0.200. The van der Waals surface area contributed by atoms with Gasteiger partial charge in [0, 0.05) is 26.8 Å². The highest BCUT2D eigenvalue weighted by atomic mass is 16.5. The van der Waals surface area contributed by atoms with E-state index in [4.69, 9.17) is 14.2 Å². The Kier molecular flexibility index (Phi) is 9.86. The summed E-state index contributed by atoms with van der Waals surface area (Å²) in [5, 5.41) is 9.69. The van der Waals surface area contributed by atoms with E-state index in [-0.39, 0.29) is 0 Å². The minimum atomic E-state index is -0.471. The molecule has 0 heterocycles. The Labute approximate surface area is 98.3 Å². The number of nitrogens with zero attached hydrogens (tertiary/aromatic N) is 1. The lowest BCUT2D eigenvalue weighted by Crippen LogP contribution is -2.39. The number of aliphatic hydroxyl groups excluding tert-OH is 1. The first-order valence-corrected chi connectivity index (χ1v) is 5.55. The van der Waals surface area contributed by atoms with Crippen LogP contribution in [-0.4, -0.2) is 76.4 Å². The van der Waals surface area contributed by atoms with Gasteiger partial charge in [0.05, 0.1) is 32.5 Å². The van der Waals surface area contributed by atoms with Gasteiger partial charge in [0.15, 0.2) is 0 Å². The summed E-state index contributed by atoms with van der Waals surface area (Å²) in [5.74, 6) is 0. The monoisotopic (exact) mass is 235 g/mol. The van der Waals surface area contributed by atoms with E-state index in [0.29, 0.717) is 39.0 Å². The molecule has 0 fully saturated rings. The lowest BCUT2D eigenvalue weighted by atomic mass is 10.2. The summed E-state index contributed by atoms with van der Waals surface area (Å²) in [7, 11) is 5.26. The maximum absolute atomic E-state index is 9.69. The molecule has 0 radical (unpaired) electrons. The Morgan fingerprint density at radius 3 is 2.38 bits per heavy atom. The Bertz CT molecular complexity index is 157. The van der Waals surface area contributed by atoms with Gasteiger partial charge in [-0.3, -0.25) is 4.90 Å². The van der Waals surface area contributed by atoms with Gasteiger partial charge < -0.3 is 19.3 Å². The largest absolute Gasteiger partial charge is 0.389 e. The van der Waals surface area contributed by atoms with Gasteiger partial charge in [-0.05, 0) is 14.0 Å². The van der Waals surface area contributed by atoms with Gasteiger partial charge in [-0.25, -0.2) is 0 Å². The van der Waals surface area contributed by atoms with Crippen molar-refractivity contribution in [2.24, 2.45) is 0 Å². The maximum Gasteiger partial charge on any atom is 0.0900 e. The number of ether oxygens (including phenoxy) is 3. The van der Waals surface area contributed by atoms with Crippen molar-refractivity contribution in [2.45, 2.75) is 19.1 Å². The molecule has 2 atom stereocenters. The normalized spacial score (nSPS) is 15.4. The van der Waals surface area contributed by atoms with E-state index in [1.54, 1.807) is 14.2 Å². The van der Waals surface area contributed by atoms with Gasteiger partial charge in [-0.15, -0.1) is 0 Å². The molecule has 0 aliphatic heterocycles. The molecule has 0 rings (SSSR count). The molecule has 5 nitrogen and oxygen atoms in total. The third kappa shape index (κ3) is 8.01. The molecule has 0 bridgehead atoms. The molecule has 0 aromatic rings. The Balaban J connectivity index is 3.56. The van der Waals surface area contributed by atoms with E-state index >= 15 is 0 Å². The van der Waals surface area contributed by atoms with Gasteiger partial charge in [0.2, 0.25) is 0 Å². The number of methoxy groups -OCH3 is 2. The summed E-state index contributed by atoms with van der Waals surface area (Å²) in [6, 6.07) is 0.290. The van der Waals surface area contributed by atoms with Gasteiger partial charge in [-0.2, -0.15) is 0 Å². The summed E-state index contributed by atoms with van der Waals surface area (Å²) in [4.78, 5) is 2.05. The van der Waals surface area contributed by atoms with E-state index in [2.05, 4.69) is 6.92 Å². The highest BCUT2D eigenvalue weighted by molar-refractivity contribution is 4.66. The topological polar surface area (TPSA) is 51.2 Å². The van der Waals surface area contributed by atoms with Gasteiger partial charge in [-0.1, -0.05) is 0 Å². The summed E-state index contributed by atoms with van der Waals surface area (Å²) >= 11 is 0. The summed E-state index contributed by atoms with van der Waals surface area (Å²) in [6.07, 6.45) is -0.471. The third-order valence-corrected chi connectivity index (χ3v) is 2.40. The first-order valence-electron chi connectivity index (χ1n) is 5.55. The number of rotatable bonds is 10. The standard InChI is InChI=1S/C11H25NO4/c1-10(8-15-4)12(2)7-11(13)9-16-6-5-14-3/h10-11,13H,5-9H2,1-4H3. The molecule has 16 heavy (non-hydrogen) atoms. The Morgan fingerprint density at radius 1 is 1.12 bits per heavy atom. The second-order valence-electron chi connectivity index (χ2n) is 3.97. The molecule has 0 saturated carbocycles. The number of hydrogen-bond donors (Lipinski definition) is 1. The van der Waals surface area contributed by atoms with Gasteiger partial charge >= 0.3 is 0 Å². The van der Waals surface area contributed by atoms with Gasteiger partial charge in [0.1, 0.15) is 0 Å². The van der Waals surface area contributed by atoms with Crippen molar-refractivity contribution in [3.63, 3.8) is 0 Å². The van der Waals surface area contributed by atoms with Crippen molar-refractivity contribution in [2.75, 3.05) is 54.2 Å². The van der Waals surface area contributed by atoms with Crippen molar-refractivity contribution in [1.82, 2.24) is 4.90 Å². The Morgan fingerprint density at radius 2 is 1.81 bits per heavy atom. The quantitative estimate of drug-likeness (QED) is 0.539. The van der Waals surface area contributed by atoms with E-state index in [0.717, 1.165) is 0 Å². The first kappa shape index (κ1) is 15.8. The smallest absolute Gasteiger partial charge is 0.0900 e. The maximum atomic E-state index is 9.69. The minimum absolute atomic E-state index is 0.290. The fourth-order valence-electron chi connectivity index (χ4n) is 1.30. The van der Waals surface area contributed by atoms with Crippen LogP contribution in [0.3, 0.4) is 0 Å². The van der Waals surface area contributed by atoms with Crippen LogP contribution in [0.5, 0.6) is 0 Å². The SMILES string of the molecule is COCCOCC(O)CN(C)C(C)COC. The van der Waals surface area contributed by atoms with E-state index in [1.165, 1.54) is 0 Å². The van der Waals surface area contributed by atoms with Crippen LogP contribution >= 0.6 is 0 Å². The van der Waals surface area contributed by atoms with Crippen LogP contribution in [0.1, 0.15) is 6.92 Å². The second kappa shape index (κ2) is 9.99. The summed E-state index contributed by atoms with van der Waals surface area (Å²) in [5.41, 5.74) is 0. The molecule has 0 saturated heterocycles. The second-order valence-corrected chi connectivity index (χ2v) is 3.97. The fraction of sp³-hybridized carbons (Fsp3) is 1.00. The van der Waals surface area contributed by atoms with Crippen molar-refractivity contribution in [1.29, 1.82) is 0 Å². The zero-order valence-electron chi connectivity index (χ0n) is 10.8. The molecule has 0 spiro atoms. The molecule has 98 valence electrons. The van der Waals surface area contributed by atoms with E-state index in [1.807, 2.05) is 11.9 Å². The van der Waals surface area contributed by atoms with Crippen molar-refractivity contribution >= 4 is 0 Å². The molecule has 0 aliphatic rings. The molecule has 0 aromatic heterocycles. The third-order valence-electron chi connectivity index (χ3n) is 2.40. The minimum Gasteiger partial charge on any atom is -0.389 e. The van der Waals surface area contributed by atoms with Crippen molar-refractivity contribution < 1.29 is 19.3 Å². The average molecular weight is 235 g/mol. The average Bonchev–Trinajstić information content (AvgIpc) is 2.24. The molecule has 0 amide bonds. The van der Waals surface area contributed by atoms with Crippen LogP contribution in [0.15, 0.2) is 0 Å². The van der Waals surface area contributed by atoms with Crippen LogP contribution in [0.25, 0.3) is 0 Å². The lowest BCUT2D eigenvalue weighted by molar-refractivity contribution is -0.00601. The highest BCUT2D eigenvalue weighted by Crippen LogP contribution is 1.98. The van der Waals surface area contributed by atoms with Crippen LogP contribution < -0.4 is 0 Å². The van der Waals surface area contributed by atoms with Crippen molar-refractivity contribution in [3.05, 3.63) is 0 Å². The molecule has 5 heteroatoms. The number of aliphatic hydroxyl groups is 1. The highest BCUT2D eigenvalue weighted by Gasteiger charge is 2.13. The van der Waals surface area contributed by atoms with Crippen LogP contribution in [0.4, 0.5) is 0 Å². The van der Waals surface area contributed by atoms with Crippen molar-refractivity contribution in [3.8, 4) is 0 Å². The fourth-order valence-corrected chi connectivity index (χ4v) is 1.30. The first-order chi connectivity index (χ1) is 7.61. The zero-order chi connectivity index (χ0) is 12.4. The molecule has 2 unspecified atom stereocenters. The van der Waals surface area contributed by atoms with Crippen LogP contribution in [0.2, 0.25) is 0 Å².